The van der Waals surface area contributed by atoms with Crippen molar-refractivity contribution >= 4 is 0 Å². The van der Waals surface area contributed by atoms with Crippen LogP contribution in [0, 0.1) is 0 Å². The lowest BCUT2D eigenvalue weighted by Crippen LogP contribution is -2.07. The average Bonchev–Trinajstić information content (AvgIpc) is 2.44. The third-order valence-corrected chi connectivity index (χ3v) is 2.99. The molecule has 0 atom stereocenters. The maximum Gasteiger partial charge on any atom is 0.119 e. The molecule has 0 aliphatic carbocycles. The zero-order valence-electron chi connectivity index (χ0n) is 12.1. The van der Waals surface area contributed by atoms with E-state index in [1.54, 1.807) is 0 Å². The van der Waals surface area contributed by atoms with Crippen molar-refractivity contribution in [1.82, 2.24) is 0 Å². The molecule has 3 nitrogen and oxygen atoms in total. The van der Waals surface area contributed by atoms with Crippen molar-refractivity contribution < 1.29 is 9.47 Å². The van der Waals surface area contributed by atoms with Crippen LogP contribution in [0.2, 0.25) is 0 Å². The summed E-state index contributed by atoms with van der Waals surface area (Å²) in [4.78, 5) is 0. The molecule has 0 amide bonds. The smallest absolute Gasteiger partial charge is 0.119 e. The van der Waals surface area contributed by atoms with E-state index in [2.05, 4.69) is 19.1 Å². The summed E-state index contributed by atoms with van der Waals surface area (Å²) in [5.74, 6) is 0.898. The maximum absolute atomic E-state index is 5.61. The Balaban J connectivity index is 2.02. The van der Waals surface area contributed by atoms with E-state index in [9.17, 15) is 0 Å². The topological polar surface area (TPSA) is 44.5 Å². The van der Waals surface area contributed by atoms with Crippen LogP contribution in [0.1, 0.15) is 38.2 Å². The summed E-state index contributed by atoms with van der Waals surface area (Å²) in [6, 6.07) is 8.11. The van der Waals surface area contributed by atoms with E-state index >= 15 is 0 Å². The fraction of sp³-hybridized carbons (Fsp3) is 0.625. The van der Waals surface area contributed by atoms with Crippen LogP contribution < -0.4 is 10.5 Å². The molecule has 1 rings (SSSR count). The Labute approximate surface area is 117 Å². The molecule has 3 heteroatoms. The second-order valence-electron chi connectivity index (χ2n) is 4.70. The summed E-state index contributed by atoms with van der Waals surface area (Å²) in [6.07, 6.45) is 5.90. The van der Waals surface area contributed by atoms with Crippen molar-refractivity contribution in [1.29, 1.82) is 0 Å². The Bertz CT molecular complexity index is 311. The van der Waals surface area contributed by atoms with Gasteiger partial charge in [0.15, 0.2) is 0 Å². The molecule has 0 saturated heterocycles. The largest absolute Gasteiger partial charge is 0.491 e. The van der Waals surface area contributed by atoms with Crippen molar-refractivity contribution in [3.63, 3.8) is 0 Å². The maximum atomic E-state index is 5.61. The van der Waals surface area contributed by atoms with Gasteiger partial charge < -0.3 is 15.2 Å². The van der Waals surface area contributed by atoms with Gasteiger partial charge in [-0.05, 0) is 37.1 Å². The van der Waals surface area contributed by atoms with Crippen molar-refractivity contribution in [2.45, 2.75) is 39.0 Å². The first kappa shape index (κ1) is 16.0. The molecule has 1 aromatic carbocycles. The molecule has 0 radical (unpaired) electrons. The first-order valence-corrected chi connectivity index (χ1v) is 7.36. The standard InChI is InChI=1S/C16H27NO2/c1-2-3-4-5-12-18-13-14-19-16-8-6-15(7-9-16)10-11-17/h6-9H,2-5,10-14,17H2,1H3. The number of nitrogens with two attached hydrogens (primary N) is 1. The average molecular weight is 265 g/mol. The van der Waals surface area contributed by atoms with Crippen molar-refractivity contribution in [2.75, 3.05) is 26.4 Å². The van der Waals surface area contributed by atoms with Gasteiger partial charge in [-0.2, -0.15) is 0 Å². The molecule has 0 heterocycles. The van der Waals surface area contributed by atoms with Crippen LogP contribution in [0.4, 0.5) is 0 Å². The van der Waals surface area contributed by atoms with Crippen LogP contribution in [0.15, 0.2) is 24.3 Å². The summed E-state index contributed by atoms with van der Waals surface area (Å²) < 4.78 is 11.1. The lowest BCUT2D eigenvalue weighted by Gasteiger charge is -2.08. The lowest BCUT2D eigenvalue weighted by atomic mass is 10.1. The van der Waals surface area contributed by atoms with Gasteiger partial charge in [-0.25, -0.2) is 0 Å². The molecule has 0 unspecified atom stereocenters. The minimum atomic E-state index is 0.615. The number of hydrogen-bond donors (Lipinski definition) is 1. The second kappa shape index (κ2) is 10.8. The van der Waals surface area contributed by atoms with Gasteiger partial charge in [0.25, 0.3) is 0 Å². The monoisotopic (exact) mass is 265 g/mol. The van der Waals surface area contributed by atoms with Crippen molar-refractivity contribution in [3.05, 3.63) is 29.8 Å². The van der Waals surface area contributed by atoms with E-state index in [0.717, 1.165) is 25.2 Å². The Kier molecular flexibility index (Phi) is 9.11. The van der Waals surface area contributed by atoms with E-state index < -0.39 is 0 Å². The van der Waals surface area contributed by atoms with Crippen LogP contribution >= 0.6 is 0 Å². The van der Waals surface area contributed by atoms with Gasteiger partial charge in [-0.15, -0.1) is 0 Å². The highest BCUT2D eigenvalue weighted by atomic mass is 16.5. The molecule has 2 N–H and O–H groups in total. The van der Waals surface area contributed by atoms with E-state index in [-0.39, 0.29) is 0 Å². The van der Waals surface area contributed by atoms with Crippen molar-refractivity contribution in [3.8, 4) is 5.75 Å². The fourth-order valence-corrected chi connectivity index (χ4v) is 1.87. The highest BCUT2D eigenvalue weighted by molar-refractivity contribution is 5.27. The van der Waals surface area contributed by atoms with E-state index in [0.29, 0.717) is 19.8 Å². The SMILES string of the molecule is CCCCCCOCCOc1ccc(CCN)cc1. The highest BCUT2D eigenvalue weighted by Crippen LogP contribution is 2.12. The Morgan fingerprint density at radius 1 is 0.947 bits per heavy atom. The number of unbranched alkanes of at least 4 members (excludes halogenated alkanes) is 3. The zero-order chi connectivity index (χ0) is 13.8. The molecule has 0 saturated carbocycles. The number of ether oxygens (including phenoxy) is 2. The van der Waals surface area contributed by atoms with Crippen LogP contribution in [0.5, 0.6) is 5.75 Å². The third kappa shape index (κ3) is 7.85. The molecule has 108 valence electrons. The van der Waals surface area contributed by atoms with Gasteiger partial charge in [-0.1, -0.05) is 38.3 Å². The lowest BCUT2D eigenvalue weighted by molar-refractivity contribution is 0.0971. The first-order valence-electron chi connectivity index (χ1n) is 7.36. The third-order valence-electron chi connectivity index (χ3n) is 2.99. The Morgan fingerprint density at radius 2 is 1.74 bits per heavy atom. The predicted octanol–water partition coefficient (Wildman–Crippen LogP) is 3.16. The molecule has 0 aromatic heterocycles. The van der Waals surface area contributed by atoms with Gasteiger partial charge in [0.1, 0.15) is 12.4 Å². The summed E-state index contributed by atoms with van der Waals surface area (Å²) in [6.45, 7) is 5.03. The van der Waals surface area contributed by atoms with E-state index in [4.69, 9.17) is 15.2 Å². The number of rotatable bonds is 11. The van der Waals surface area contributed by atoms with Gasteiger partial charge in [0.05, 0.1) is 6.61 Å². The summed E-state index contributed by atoms with van der Waals surface area (Å²) in [5.41, 5.74) is 6.76. The van der Waals surface area contributed by atoms with E-state index in [1.165, 1.54) is 24.8 Å². The van der Waals surface area contributed by atoms with Crippen molar-refractivity contribution in [2.24, 2.45) is 5.73 Å². The first-order chi connectivity index (χ1) is 9.36. The molecule has 0 bridgehead atoms. The van der Waals surface area contributed by atoms with Gasteiger partial charge in [0.2, 0.25) is 0 Å². The molecular formula is C16H27NO2. The van der Waals surface area contributed by atoms with Crippen LogP contribution in [-0.4, -0.2) is 26.4 Å². The second-order valence-corrected chi connectivity index (χ2v) is 4.70. The molecule has 0 aliphatic rings. The molecule has 0 aliphatic heterocycles. The quantitative estimate of drug-likeness (QED) is 0.625. The zero-order valence-corrected chi connectivity index (χ0v) is 12.1. The number of benzene rings is 1. The highest BCUT2D eigenvalue weighted by Gasteiger charge is 1.95. The predicted molar refractivity (Wildman–Crippen MR) is 79.7 cm³/mol. The van der Waals surface area contributed by atoms with E-state index in [1.807, 2.05) is 12.1 Å². The summed E-state index contributed by atoms with van der Waals surface area (Å²) in [5, 5.41) is 0. The van der Waals surface area contributed by atoms with Gasteiger partial charge in [-0.3, -0.25) is 0 Å². The minimum Gasteiger partial charge on any atom is -0.491 e. The Hall–Kier alpha value is -1.06. The van der Waals surface area contributed by atoms with Crippen LogP contribution in [0.25, 0.3) is 0 Å². The Morgan fingerprint density at radius 3 is 2.42 bits per heavy atom. The molecule has 0 fully saturated rings. The minimum absolute atomic E-state index is 0.615. The normalized spacial score (nSPS) is 10.6. The summed E-state index contributed by atoms with van der Waals surface area (Å²) in [7, 11) is 0. The number of hydrogen-bond acceptors (Lipinski definition) is 3. The van der Waals surface area contributed by atoms with Gasteiger partial charge >= 0.3 is 0 Å². The van der Waals surface area contributed by atoms with Gasteiger partial charge in [0, 0.05) is 6.61 Å². The van der Waals surface area contributed by atoms with Crippen LogP contribution in [-0.2, 0) is 11.2 Å². The molecule has 0 spiro atoms. The molecule has 19 heavy (non-hydrogen) atoms. The fourth-order valence-electron chi connectivity index (χ4n) is 1.87. The molecular weight excluding hydrogens is 238 g/mol. The van der Waals surface area contributed by atoms with Crippen LogP contribution in [0.3, 0.4) is 0 Å². The molecule has 1 aromatic rings. The summed E-state index contributed by atoms with van der Waals surface area (Å²) >= 11 is 0.